The van der Waals surface area contributed by atoms with Crippen LogP contribution < -0.4 is 4.74 Å². The standard InChI is InChI=1S/C20H26O4/c1-20(2,3)13-5-7-14(8-6-13)24-18-12-23-17-11-15(22-4)9-10-16(17)19(18)21/h5-8,12,15-17H,9-11H2,1-4H3. The molecule has 1 heterocycles. The smallest absolute Gasteiger partial charge is 0.207 e. The lowest BCUT2D eigenvalue weighted by molar-refractivity contribution is -0.133. The molecule has 0 radical (unpaired) electrons. The fraction of sp³-hybridized carbons (Fsp3) is 0.550. The van der Waals surface area contributed by atoms with Gasteiger partial charge in [0.1, 0.15) is 18.1 Å². The molecule has 0 amide bonds. The van der Waals surface area contributed by atoms with E-state index in [9.17, 15) is 4.79 Å². The molecule has 1 aliphatic carbocycles. The highest BCUT2D eigenvalue weighted by Crippen LogP contribution is 2.35. The zero-order chi connectivity index (χ0) is 17.3. The van der Waals surface area contributed by atoms with Gasteiger partial charge in [-0.3, -0.25) is 4.79 Å². The van der Waals surface area contributed by atoms with Crippen LogP contribution in [0.1, 0.15) is 45.6 Å². The Balaban J connectivity index is 1.70. The van der Waals surface area contributed by atoms with Gasteiger partial charge in [0.25, 0.3) is 0 Å². The first-order valence-corrected chi connectivity index (χ1v) is 8.59. The summed E-state index contributed by atoms with van der Waals surface area (Å²) in [6.07, 6.45) is 3.99. The molecule has 24 heavy (non-hydrogen) atoms. The van der Waals surface area contributed by atoms with Crippen molar-refractivity contribution >= 4 is 5.78 Å². The molecule has 1 aromatic rings. The van der Waals surface area contributed by atoms with Gasteiger partial charge in [0, 0.05) is 13.5 Å². The molecule has 1 saturated carbocycles. The summed E-state index contributed by atoms with van der Waals surface area (Å²) in [5.41, 5.74) is 1.32. The van der Waals surface area contributed by atoms with E-state index in [4.69, 9.17) is 14.2 Å². The summed E-state index contributed by atoms with van der Waals surface area (Å²) < 4.78 is 16.9. The van der Waals surface area contributed by atoms with Gasteiger partial charge in [-0.2, -0.15) is 0 Å². The number of Topliss-reactive ketones (excluding diaryl/α,β-unsaturated/α-hetero) is 1. The molecule has 3 atom stereocenters. The number of hydrogen-bond donors (Lipinski definition) is 0. The average molecular weight is 330 g/mol. The number of ether oxygens (including phenoxy) is 3. The summed E-state index contributed by atoms with van der Waals surface area (Å²) in [5, 5.41) is 0. The van der Waals surface area contributed by atoms with Gasteiger partial charge in [0.2, 0.25) is 11.5 Å². The van der Waals surface area contributed by atoms with Gasteiger partial charge in [0.15, 0.2) is 0 Å². The van der Waals surface area contributed by atoms with E-state index in [0.29, 0.717) is 11.5 Å². The molecule has 130 valence electrons. The maximum absolute atomic E-state index is 12.7. The molecule has 0 saturated heterocycles. The van der Waals surface area contributed by atoms with E-state index in [1.807, 2.05) is 24.3 Å². The van der Waals surface area contributed by atoms with Crippen molar-refractivity contribution < 1.29 is 19.0 Å². The highest BCUT2D eigenvalue weighted by Gasteiger charge is 2.41. The third kappa shape index (κ3) is 3.48. The number of carbonyl (C=O) groups excluding carboxylic acids is 1. The van der Waals surface area contributed by atoms with Crippen molar-refractivity contribution in [3.05, 3.63) is 41.9 Å². The molecule has 4 heteroatoms. The van der Waals surface area contributed by atoms with Crippen LogP contribution in [0.3, 0.4) is 0 Å². The molecule has 1 aliphatic heterocycles. The number of benzene rings is 1. The van der Waals surface area contributed by atoms with Gasteiger partial charge in [-0.1, -0.05) is 32.9 Å². The van der Waals surface area contributed by atoms with E-state index < -0.39 is 0 Å². The van der Waals surface area contributed by atoms with Crippen molar-refractivity contribution in [1.82, 2.24) is 0 Å². The van der Waals surface area contributed by atoms with E-state index in [1.165, 1.54) is 11.8 Å². The molecule has 0 bridgehead atoms. The van der Waals surface area contributed by atoms with Crippen LogP contribution in [0.5, 0.6) is 5.75 Å². The molecule has 1 aromatic carbocycles. The second-order valence-corrected chi connectivity index (χ2v) is 7.67. The van der Waals surface area contributed by atoms with E-state index in [0.717, 1.165) is 19.3 Å². The minimum Gasteiger partial charge on any atom is -0.493 e. The van der Waals surface area contributed by atoms with Gasteiger partial charge in [-0.15, -0.1) is 0 Å². The highest BCUT2D eigenvalue weighted by molar-refractivity contribution is 5.96. The zero-order valence-corrected chi connectivity index (χ0v) is 14.9. The molecular formula is C20H26O4. The second-order valence-electron chi connectivity index (χ2n) is 7.67. The first-order chi connectivity index (χ1) is 11.4. The maximum atomic E-state index is 12.7. The first kappa shape index (κ1) is 17.0. The van der Waals surface area contributed by atoms with E-state index in [-0.39, 0.29) is 29.3 Å². The van der Waals surface area contributed by atoms with Gasteiger partial charge >= 0.3 is 0 Å². The number of methoxy groups -OCH3 is 1. The Morgan fingerprint density at radius 3 is 2.46 bits per heavy atom. The van der Waals surface area contributed by atoms with Crippen molar-refractivity contribution in [3.63, 3.8) is 0 Å². The van der Waals surface area contributed by atoms with Crippen LogP contribution in [-0.4, -0.2) is 25.1 Å². The summed E-state index contributed by atoms with van der Waals surface area (Å²) >= 11 is 0. The zero-order valence-electron chi connectivity index (χ0n) is 14.9. The minimum atomic E-state index is -0.120. The van der Waals surface area contributed by atoms with Gasteiger partial charge in [-0.05, 0) is 36.0 Å². The Kier molecular flexibility index (Phi) is 4.68. The van der Waals surface area contributed by atoms with Crippen molar-refractivity contribution in [2.45, 2.75) is 57.7 Å². The largest absolute Gasteiger partial charge is 0.493 e. The Morgan fingerprint density at radius 1 is 1.12 bits per heavy atom. The molecule has 0 N–H and O–H groups in total. The Hall–Kier alpha value is -1.81. The van der Waals surface area contributed by atoms with Crippen molar-refractivity contribution in [1.29, 1.82) is 0 Å². The SMILES string of the molecule is COC1CCC2C(=O)C(Oc3ccc(C(C)(C)C)cc3)=COC2C1. The third-order valence-corrected chi connectivity index (χ3v) is 4.95. The van der Waals surface area contributed by atoms with Gasteiger partial charge in [-0.25, -0.2) is 0 Å². The summed E-state index contributed by atoms with van der Waals surface area (Å²) in [6.45, 7) is 6.50. The number of hydrogen-bond acceptors (Lipinski definition) is 4. The molecule has 0 aromatic heterocycles. The maximum Gasteiger partial charge on any atom is 0.207 e. The molecule has 3 rings (SSSR count). The number of allylic oxidation sites excluding steroid dienone is 1. The first-order valence-electron chi connectivity index (χ1n) is 8.59. The molecule has 4 nitrogen and oxygen atoms in total. The lowest BCUT2D eigenvalue weighted by Crippen LogP contribution is -2.42. The van der Waals surface area contributed by atoms with Crippen molar-refractivity contribution in [2.24, 2.45) is 5.92 Å². The van der Waals surface area contributed by atoms with Crippen LogP contribution in [0.2, 0.25) is 0 Å². The predicted molar refractivity (Wildman–Crippen MR) is 91.9 cm³/mol. The molecule has 1 fully saturated rings. The van der Waals surface area contributed by atoms with Crippen LogP contribution in [0.25, 0.3) is 0 Å². The number of carbonyl (C=O) groups is 1. The van der Waals surface area contributed by atoms with Gasteiger partial charge in [0.05, 0.1) is 12.0 Å². The van der Waals surface area contributed by atoms with Crippen molar-refractivity contribution in [3.8, 4) is 5.75 Å². The Morgan fingerprint density at radius 2 is 1.83 bits per heavy atom. The lowest BCUT2D eigenvalue weighted by atomic mass is 9.80. The van der Waals surface area contributed by atoms with E-state index in [2.05, 4.69) is 20.8 Å². The summed E-state index contributed by atoms with van der Waals surface area (Å²) in [5.74, 6) is 0.886. The summed E-state index contributed by atoms with van der Waals surface area (Å²) in [6, 6.07) is 7.89. The lowest BCUT2D eigenvalue weighted by Gasteiger charge is -2.36. The quantitative estimate of drug-likeness (QED) is 0.841. The van der Waals surface area contributed by atoms with Crippen molar-refractivity contribution in [2.75, 3.05) is 7.11 Å². The molecule has 3 unspecified atom stereocenters. The minimum absolute atomic E-state index is 0.0423. The summed E-state index contributed by atoms with van der Waals surface area (Å²) in [7, 11) is 1.71. The normalized spacial score (nSPS) is 27.1. The van der Waals surface area contributed by atoms with Crippen LogP contribution in [0, 0.1) is 5.92 Å². The van der Waals surface area contributed by atoms with Crippen LogP contribution in [-0.2, 0) is 19.7 Å². The topological polar surface area (TPSA) is 44.8 Å². The van der Waals surface area contributed by atoms with Crippen LogP contribution in [0.4, 0.5) is 0 Å². The highest BCUT2D eigenvalue weighted by atomic mass is 16.5. The van der Waals surface area contributed by atoms with E-state index >= 15 is 0 Å². The number of rotatable bonds is 3. The Labute approximate surface area is 143 Å². The monoisotopic (exact) mass is 330 g/mol. The fourth-order valence-electron chi connectivity index (χ4n) is 3.37. The molecular weight excluding hydrogens is 304 g/mol. The van der Waals surface area contributed by atoms with Crippen LogP contribution in [0.15, 0.2) is 36.3 Å². The third-order valence-electron chi connectivity index (χ3n) is 4.95. The summed E-state index contributed by atoms with van der Waals surface area (Å²) in [4.78, 5) is 12.7. The van der Waals surface area contributed by atoms with Crippen LogP contribution >= 0.6 is 0 Å². The molecule has 2 aliphatic rings. The number of fused-ring (bicyclic) bond motifs is 1. The molecule has 0 spiro atoms. The number of ketones is 1. The second kappa shape index (κ2) is 6.60. The predicted octanol–water partition coefficient (Wildman–Crippen LogP) is 3.99. The Bertz CT molecular complexity index is 624. The van der Waals surface area contributed by atoms with Gasteiger partial charge < -0.3 is 14.2 Å². The fourth-order valence-corrected chi connectivity index (χ4v) is 3.37. The van der Waals surface area contributed by atoms with E-state index in [1.54, 1.807) is 7.11 Å². The average Bonchev–Trinajstić information content (AvgIpc) is 2.57.